The van der Waals surface area contributed by atoms with Gasteiger partial charge in [-0.15, -0.1) is 11.3 Å². The van der Waals surface area contributed by atoms with Crippen molar-refractivity contribution in [3.63, 3.8) is 0 Å². The van der Waals surface area contributed by atoms with Gasteiger partial charge in [-0.1, -0.05) is 42.5 Å². The number of amides is 1. The third-order valence-electron chi connectivity index (χ3n) is 4.21. The van der Waals surface area contributed by atoms with Crippen LogP contribution in [0.15, 0.2) is 72.4 Å². The fourth-order valence-electron chi connectivity index (χ4n) is 2.84. The molecule has 5 nitrogen and oxygen atoms in total. The van der Waals surface area contributed by atoms with Crippen LogP contribution < -0.4 is 5.32 Å². The summed E-state index contributed by atoms with van der Waals surface area (Å²) < 4.78 is 1.97. The molecule has 2 aromatic heterocycles. The number of hydrogen-bond acceptors (Lipinski definition) is 4. The van der Waals surface area contributed by atoms with Crippen LogP contribution in [-0.4, -0.2) is 21.1 Å². The second-order valence-corrected chi connectivity index (χ2v) is 7.01. The maximum absolute atomic E-state index is 12.2. The van der Waals surface area contributed by atoms with Gasteiger partial charge in [0.2, 0.25) is 5.91 Å². The average molecular weight is 375 g/mol. The maximum Gasteiger partial charge on any atom is 0.224 e. The predicted molar refractivity (Wildman–Crippen MR) is 107 cm³/mol. The Labute approximate surface area is 160 Å². The molecule has 0 saturated carbocycles. The number of imidazole rings is 1. The van der Waals surface area contributed by atoms with Crippen molar-refractivity contribution < 1.29 is 9.59 Å². The van der Waals surface area contributed by atoms with Crippen LogP contribution in [0, 0.1) is 0 Å². The van der Waals surface area contributed by atoms with Crippen LogP contribution in [0.4, 0.5) is 5.69 Å². The molecule has 1 N–H and O–H groups in total. The zero-order valence-electron chi connectivity index (χ0n) is 14.5. The van der Waals surface area contributed by atoms with E-state index in [2.05, 4.69) is 10.3 Å². The molecule has 0 aliphatic heterocycles. The van der Waals surface area contributed by atoms with Crippen molar-refractivity contribution in [1.29, 1.82) is 0 Å². The fourth-order valence-corrected chi connectivity index (χ4v) is 3.54. The number of carbonyl (C=O) groups is 2. The molecular weight excluding hydrogens is 358 g/mol. The van der Waals surface area contributed by atoms with Gasteiger partial charge in [-0.3, -0.25) is 14.0 Å². The van der Waals surface area contributed by atoms with E-state index in [4.69, 9.17) is 0 Å². The number of nitrogens with zero attached hydrogens (tertiary/aromatic N) is 2. The SMILES string of the molecule is O=C(CCC(=O)c1ccccc1)Nc1cccc(-c2cn3ccsc3n2)c1. The molecular formula is C21H17N3O2S. The summed E-state index contributed by atoms with van der Waals surface area (Å²) in [6, 6.07) is 16.6. The molecule has 4 rings (SSSR count). The zero-order chi connectivity index (χ0) is 18.6. The number of rotatable bonds is 6. The number of anilines is 1. The van der Waals surface area contributed by atoms with Gasteiger partial charge in [0.25, 0.3) is 0 Å². The van der Waals surface area contributed by atoms with Gasteiger partial charge in [0.15, 0.2) is 10.7 Å². The summed E-state index contributed by atoms with van der Waals surface area (Å²) in [6.07, 6.45) is 4.27. The molecule has 0 atom stereocenters. The average Bonchev–Trinajstić information content (AvgIpc) is 3.29. The molecule has 0 saturated heterocycles. The van der Waals surface area contributed by atoms with Crippen molar-refractivity contribution >= 4 is 33.7 Å². The monoisotopic (exact) mass is 375 g/mol. The summed E-state index contributed by atoms with van der Waals surface area (Å²) in [6.45, 7) is 0. The van der Waals surface area contributed by atoms with Crippen molar-refractivity contribution in [2.24, 2.45) is 0 Å². The van der Waals surface area contributed by atoms with Crippen molar-refractivity contribution in [3.8, 4) is 11.3 Å². The van der Waals surface area contributed by atoms with Crippen molar-refractivity contribution in [3.05, 3.63) is 77.9 Å². The van der Waals surface area contributed by atoms with Crippen LogP contribution in [0.5, 0.6) is 0 Å². The Balaban J connectivity index is 1.40. The third kappa shape index (κ3) is 3.96. The smallest absolute Gasteiger partial charge is 0.224 e. The van der Waals surface area contributed by atoms with Crippen LogP contribution in [-0.2, 0) is 4.79 Å². The minimum absolute atomic E-state index is 0.0300. The number of aromatic nitrogens is 2. The largest absolute Gasteiger partial charge is 0.326 e. The summed E-state index contributed by atoms with van der Waals surface area (Å²) in [5.41, 5.74) is 3.12. The first-order valence-corrected chi connectivity index (χ1v) is 9.48. The van der Waals surface area contributed by atoms with E-state index in [9.17, 15) is 9.59 Å². The number of benzene rings is 2. The Morgan fingerprint density at radius 3 is 2.70 bits per heavy atom. The van der Waals surface area contributed by atoms with Gasteiger partial charge in [-0.25, -0.2) is 4.98 Å². The molecule has 0 aliphatic rings. The molecule has 1 amide bonds. The number of carbonyl (C=O) groups excluding carboxylic acids is 2. The molecule has 0 aliphatic carbocycles. The van der Waals surface area contributed by atoms with E-state index in [0.717, 1.165) is 16.2 Å². The van der Waals surface area contributed by atoms with Crippen molar-refractivity contribution in [1.82, 2.24) is 9.38 Å². The number of ketones is 1. The molecule has 0 spiro atoms. The molecule has 4 aromatic rings. The molecule has 6 heteroatoms. The van der Waals surface area contributed by atoms with Gasteiger partial charge < -0.3 is 5.32 Å². The first kappa shape index (κ1) is 17.2. The van der Waals surface area contributed by atoms with E-state index in [1.54, 1.807) is 23.5 Å². The van der Waals surface area contributed by atoms with Gasteiger partial charge in [-0.05, 0) is 12.1 Å². The highest BCUT2D eigenvalue weighted by Gasteiger charge is 2.10. The molecule has 0 fully saturated rings. The fraction of sp³-hybridized carbons (Fsp3) is 0.0952. The van der Waals surface area contributed by atoms with Gasteiger partial charge in [0, 0.05) is 47.4 Å². The van der Waals surface area contributed by atoms with Gasteiger partial charge in [-0.2, -0.15) is 0 Å². The summed E-state index contributed by atoms with van der Waals surface area (Å²) >= 11 is 1.58. The number of Topliss-reactive ketones (excluding diaryl/α,β-unsaturated/α-hetero) is 1. The van der Waals surface area contributed by atoms with E-state index < -0.39 is 0 Å². The van der Waals surface area contributed by atoms with Gasteiger partial charge in [0.05, 0.1) is 5.69 Å². The minimum Gasteiger partial charge on any atom is -0.326 e. The first-order chi connectivity index (χ1) is 13.2. The number of thiazole rings is 1. The molecule has 27 heavy (non-hydrogen) atoms. The normalized spacial score (nSPS) is 10.8. The van der Waals surface area contributed by atoms with Crippen LogP contribution in [0.1, 0.15) is 23.2 Å². The second kappa shape index (κ2) is 7.55. The van der Waals surface area contributed by atoms with Crippen molar-refractivity contribution in [2.45, 2.75) is 12.8 Å². The third-order valence-corrected chi connectivity index (χ3v) is 4.98. The van der Waals surface area contributed by atoms with Crippen molar-refractivity contribution in [2.75, 3.05) is 5.32 Å². The van der Waals surface area contributed by atoms with Crippen LogP contribution in [0.2, 0.25) is 0 Å². The van der Waals surface area contributed by atoms with E-state index in [0.29, 0.717) is 11.3 Å². The summed E-state index contributed by atoms with van der Waals surface area (Å²) in [5, 5.41) is 4.85. The minimum atomic E-state index is -0.178. The molecule has 0 unspecified atom stereocenters. The topological polar surface area (TPSA) is 63.5 Å². The number of fused-ring (bicyclic) bond motifs is 1. The lowest BCUT2D eigenvalue weighted by Crippen LogP contribution is -2.13. The van der Waals surface area contributed by atoms with E-state index >= 15 is 0 Å². The highest BCUT2D eigenvalue weighted by molar-refractivity contribution is 7.15. The number of hydrogen-bond donors (Lipinski definition) is 1. The van der Waals surface area contributed by atoms with Gasteiger partial charge >= 0.3 is 0 Å². The lowest BCUT2D eigenvalue weighted by atomic mass is 10.1. The molecule has 2 heterocycles. The Morgan fingerprint density at radius 1 is 1.04 bits per heavy atom. The molecule has 2 aromatic carbocycles. The Morgan fingerprint density at radius 2 is 1.89 bits per heavy atom. The lowest BCUT2D eigenvalue weighted by Gasteiger charge is -2.06. The van der Waals surface area contributed by atoms with E-state index in [1.807, 2.05) is 64.6 Å². The first-order valence-electron chi connectivity index (χ1n) is 8.60. The quantitative estimate of drug-likeness (QED) is 0.498. The number of nitrogens with one attached hydrogen (secondary N) is 1. The highest BCUT2D eigenvalue weighted by atomic mass is 32.1. The molecule has 0 radical (unpaired) electrons. The maximum atomic E-state index is 12.2. The van der Waals surface area contributed by atoms with Crippen LogP contribution in [0.25, 0.3) is 16.2 Å². The van der Waals surface area contributed by atoms with E-state index in [1.165, 1.54) is 0 Å². The highest BCUT2D eigenvalue weighted by Crippen LogP contribution is 2.24. The van der Waals surface area contributed by atoms with Crippen LogP contribution in [0.3, 0.4) is 0 Å². The Hall–Kier alpha value is -3.25. The van der Waals surface area contributed by atoms with E-state index in [-0.39, 0.29) is 24.5 Å². The zero-order valence-corrected chi connectivity index (χ0v) is 15.3. The standard InChI is InChI=1S/C21H17N3O2S/c25-19(15-5-2-1-3-6-15)9-10-20(26)22-17-8-4-7-16(13-17)18-14-24-11-12-27-21(24)23-18/h1-8,11-14H,9-10H2,(H,22,26). The summed E-state index contributed by atoms with van der Waals surface area (Å²) in [7, 11) is 0. The lowest BCUT2D eigenvalue weighted by molar-refractivity contribution is -0.116. The molecule has 134 valence electrons. The Kier molecular flexibility index (Phi) is 4.80. The van der Waals surface area contributed by atoms with Crippen LogP contribution >= 0.6 is 11.3 Å². The summed E-state index contributed by atoms with van der Waals surface area (Å²) in [5.74, 6) is -0.208. The molecule has 0 bridgehead atoms. The predicted octanol–water partition coefficient (Wildman–Crippen LogP) is 4.66. The Bertz CT molecular complexity index is 1070. The van der Waals surface area contributed by atoms with Gasteiger partial charge in [0.1, 0.15) is 0 Å². The second-order valence-electron chi connectivity index (χ2n) is 6.14. The summed E-state index contributed by atoms with van der Waals surface area (Å²) in [4.78, 5) is 29.8.